The summed E-state index contributed by atoms with van der Waals surface area (Å²) in [6.45, 7) is 1.23. The topological polar surface area (TPSA) is 40.6 Å². The molecule has 2 unspecified atom stereocenters. The fraction of sp³-hybridized carbons (Fsp3) is 1.00. The van der Waals surface area contributed by atoms with Gasteiger partial charge in [-0.1, -0.05) is 0 Å². The normalized spacial score (nSPS) is 30.4. The Balaban J connectivity index is 2.02. The Morgan fingerprint density at radius 2 is 2.19 bits per heavy atom. The van der Waals surface area contributed by atoms with E-state index in [1.54, 1.807) is 11.4 Å². The summed E-state index contributed by atoms with van der Waals surface area (Å²) >= 11 is 5.58. The maximum atomic E-state index is 12.2. The van der Waals surface area contributed by atoms with Crippen LogP contribution in [0.3, 0.4) is 0 Å². The van der Waals surface area contributed by atoms with Crippen LogP contribution in [0.2, 0.25) is 0 Å². The summed E-state index contributed by atoms with van der Waals surface area (Å²) in [5, 5.41) is 0. The molecule has 0 N–H and O–H groups in total. The summed E-state index contributed by atoms with van der Waals surface area (Å²) in [4.78, 5) is 0. The van der Waals surface area contributed by atoms with Gasteiger partial charge in [0.05, 0.1) is 0 Å². The van der Waals surface area contributed by atoms with E-state index in [2.05, 4.69) is 0 Å². The Morgan fingerprint density at radius 1 is 1.44 bits per heavy atom. The highest BCUT2D eigenvalue weighted by Gasteiger charge is 2.44. The van der Waals surface area contributed by atoms with Gasteiger partial charge in [0.15, 0.2) is 0 Å². The van der Waals surface area contributed by atoms with Crippen LogP contribution in [-0.2, 0) is 10.2 Å². The van der Waals surface area contributed by atoms with Gasteiger partial charge in [-0.15, -0.1) is 11.6 Å². The van der Waals surface area contributed by atoms with Crippen molar-refractivity contribution in [3.63, 3.8) is 0 Å². The standard InChI is InChI=1S/C10H19ClN2O2S/c1-12(6-2-5-11)16(14,15)13-8-9-3-4-10(13)7-9/h9-10H,2-8H2,1H3. The van der Waals surface area contributed by atoms with Crippen molar-refractivity contribution in [1.82, 2.24) is 8.61 Å². The van der Waals surface area contributed by atoms with Gasteiger partial charge >= 0.3 is 0 Å². The lowest BCUT2D eigenvalue weighted by atomic mass is 10.1. The Hall–Kier alpha value is 0.160. The quantitative estimate of drug-likeness (QED) is 0.704. The summed E-state index contributed by atoms with van der Waals surface area (Å²) < 4.78 is 27.6. The number of nitrogens with zero attached hydrogens (tertiary/aromatic N) is 2. The van der Waals surface area contributed by atoms with Crippen molar-refractivity contribution < 1.29 is 8.42 Å². The maximum absolute atomic E-state index is 12.2. The molecule has 0 spiro atoms. The lowest BCUT2D eigenvalue weighted by molar-refractivity contribution is 0.304. The second-order valence-corrected chi connectivity index (χ2v) is 7.14. The predicted molar refractivity (Wildman–Crippen MR) is 64.7 cm³/mol. The average Bonchev–Trinajstić information content (AvgIpc) is 2.87. The number of rotatable bonds is 5. The van der Waals surface area contributed by atoms with Gasteiger partial charge in [-0.2, -0.15) is 17.0 Å². The van der Waals surface area contributed by atoms with Crippen LogP contribution >= 0.6 is 11.6 Å². The third kappa shape index (κ3) is 2.23. The third-order valence-electron chi connectivity index (χ3n) is 3.66. The van der Waals surface area contributed by atoms with Crippen LogP contribution in [0.5, 0.6) is 0 Å². The molecule has 0 aromatic carbocycles. The lowest BCUT2D eigenvalue weighted by Gasteiger charge is -2.30. The zero-order valence-corrected chi connectivity index (χ0v) is 11.2. The van der Waals surface area contributed by atoms with Gasteiger partial charge in [0.1, 0.15) is 0 Å². The first kappa shape index (κ1) is 12.6. The third-order valence-corrected chi connectivity index (χ3v) is 5.93. The molecule has 16 heavy (non-hydrogen) atoms. The molecule has 0 aromatic heterocycles. The molecule has 94 valence electrons. The molecule has 2 bridgehead atoms. The van der Waals surface area contributed by atoms with Gasteiger partial charge in [-0.25, -0.2) is 0 Å². The Morgan fingerprint density at radius 3 is 2.69 bits per heavy atom. The van der Waals surface area contributed by atoms with Gasteiger partial charge in [0.25, 0.3) is 10.2 Å². The van der Waals surface area contributed by atoms with Crippen LogP contribution in [0.4, 0.5) is 0 Å². The second-order valence-electron chi connectivity index (χ2n) is 4.77. The second kappa shape index (κ2) is 4.80. The van der Waals surface area contributed by atoms with Crippen LogP contribution in [0.15, 0.2) is 0 Å². The van der Waals surface area contributed by atoms with E-state index in [4.69, 9.17) is 11.6 Å². The molecule has 4 nitrogen and oxygen atoms in total. The summed E-state index contributed by atoms with van der Waals surface area (Å²) in [6.07, 6.45) is 4.00. The summed E-state index contributed by atoms with van der Waals surface area (Å²) in [5.74, 6) is 1.10. The highest BCUT2D eigenvalue weighted by Crippen LogP contribution is 2.39. The molecule has 1 saturated carbocycles. The van der Waals surface area contributed by atoms with Crippen molar-refractivity contribution >= 4 is 21.8 Å². The molecular formula is C10H19ClN2O2S. The van der Waals surface area contributed by atoms with Crippen LogP contribution in [0.1, 0.15) is 25.7 Å². The van der Waals surface area contributed by atoms with Crippen LogP contribution in [-0.4, -0.2) is 49.1 Å². The molecule has 1 saturated heterocycles. The summed E-state index contributed by atoms with van der Waals surface area (Å²) in [7, 11) is -1.59. The average molecular weight is 267 g/mol. The first-order valence-electron chi connectivity index (χ1n) is 5.84. The first-order valence-corrected chi connectivity index (χ1v) is 7.78. The van der Waals surface area contributed by atoms with E-state index in [1.165, 1.54) is 10.7 Å². The molecule has 1 aliphatic carbocycles. The zero-order chi connectivity index (χ0) is 11.8. The largest absolute Gasteiger partial charge is 0.281 e. The molecule has 2 aliphatic rings. The van der Waals surface area contributed by atoms with E-state index >= 15 is 0 Å². The lowest BCUT2D eigenvalue weighted by Crippen LogP contribution is -2.45. The molecular weight excluding hydrogens is 248 g/mol. The minimum Gasteiger partial charge on any atom is -0.195 e. The van der Waals surface area contributed by atoms with Crippen molar-refractivity contribution in [2.24, 2.45) is 5.92 Å². The van der Waals surface area contributed by atoms with E-state index in [9.17, 15) is 8.42 Å². The van der Waals surface area contributed by atoms with Gasteiger partial charge in [-0.3, -0.25) is 0 Å². The molecule has 2 rings (SSSR count). The van der Waals surface area contributed by atoms with E-state index in [0.29, 0.717) is 24.8 Å². The fourth-order valence-electron chi connectivity index (χ4n) is 2.74. The van der Waals surface area contributed by atoms with Crippen molar-refractivity contribution in [3.05, 3.63) is 0 Å². The maximum Gasteiger partial charge on any atom is 0.281 e. The van der Waals surface area contributed by atoms with Crippen LogP contribution < -0.4 is 0 Å². The molecule has 0 radical (unpaired) electrons. The van der Waals surface area contributed by atoms with Gasteiger partial charge < -0.3 is 0 Å². The molecule has 0 aromatic rings. The molecule has 6 heteroatoms. The Kier molecular flexibility index (Phi) is 3.79. The van der Waals surface area contributed by atoms with E-state index in [1.807, 2.05) is 0 Å². The predicted octanol–water partition coefficient (Wildman–Crippen LogP) is 1.28. The molecule has 2 fully saturated rings. The van der Waals surface area contributed by atoms with Crippen molar-refractivity contribution in [3.8, 4) is 0 Å². The number of hydrogen-bond donors (Lipinski definition) is 0. The van der Waals surface area contributed by atoms with E-state index in [-0.39, 0.29) is 6.04 Å². The molecule has 1 aliphatic heterocycles. The molecule has 2 atom stereocenters. The van der Waals surface area contributed by atoms with E-state index < -0.39 is 10.2 Å². The number of halogens is 1. The SMILES string of the molecule is CN(CCCCl)S(=O)(=O)N1CC2CCC1C2. The smallest absolute Gasteiger partial charge is 0.195 e. The van der Waals surface area contributed by atoms with Crippen molar-refractivity contribution in [2.45, 2.75) is 31.7 Å². The highest BCUT2D eigenvalue weighted by molar-refractivity contribution is 7.86. The van der Waals surface area contributed by atoms with Crippen molar-refractivity contribution in [2.75, 3.05) is 26.0 Å². The van der Waals surface area contributed by atoms with Crippen molar-refractivity contribution in [1.29, 1.82) is 0 Å². The number of fused-ring (bicyclic) bond motifs is 2. The number of hydrogen-bond acceptors (Lipinski definition) is 2. The van der Waals surface area contributed by atoms with Gasteiger partial charge in [-0.05, 0) is 31.6 Å². The van der Waals surface area contributed by atoms with Gasteiger partial charge in [0.2, 0.25) is 0 Å². The molecule has 0 amide bonds. The Bertz CT molecular complexity index is 347. The summed E-state index contributed by atoms with van der Waals surface area (Å²) in [5.41, 5.74) is 0. The highest BCUT2D eigenvalue weighted by atomic mass is 35.5. The Labute approximate surface area is 103 Å². The zero-order valence-electron chi connectivity index (χ0n) is 9.60. The minimum absolute atomic E-state index is 0.258. The first-order chi connectivity index (χ1) is 7.55. The summed E-state index contributed by atoms with van der Waals surface area (Å²) in [6, 6.07) is 0.258. The van der Waals surface area contributed by atoms with Crippen LogP contribution in [0.25, 0.3) is 0 Å². The minimum atomic E-state index is -3.23. The van der Waals surface area contributed by atoms with Gasteiger partial charge in [0, 0.05) is 32.1 Å². The monoisotopic (exact) mass is 266 g/mol. The van der Waals surface area contributed by atoms with Crippen LogP contribution in [0, 0.1) is 5.92 Å². The number of alkyl halides is 1. The number of piperidine rings is 1. The van der Waals surface area contributed by atoms with E-state index in [0.717, 1.165) is 19.4 Å². The fourth-order valence-corrected chi connectivity index (χ4v) is 4.54. The molecule has 1 heterocycles.